The lowest BCUT2D eigenvalue weighted by Gasteiger charge is -2.23. The fraction of sp³-hybridized carbons (Fsp3) is 0.348. The maximum absolute atomic E-state index is 13.3. The molecule has 8 nitrogen and oxygen atoms in total. The van der Waals surface area contributed by atoms with Crippen LogP contribution in [-0.2, 0) is 20.8 Å². The molecule has 0 spiro atoms. The molecular weight excluding hydrogens is 469 g/mol. The van der Waals surface area contributed by atoms with Gasteiger partial charge in [-0.25, -0.2) is 4.68 Å². The van der Waals surface area contributed by atoms with Gasteiger partial charge < -0.3 is 19.3 Å². The second-order valence-electron chi connectivity index (χ2n) is 8.45. The van der Waals surface area contributed by atoms with E-state index < -0.39 is 30.4 Å². The van der Waals surface area contributed by atoms with Gasteiger partial charge in [-0.2, -0.15) is 0 Å². The van der Waals surface area contributed by atoms with E-state index in [9.17, 15) is 9.90 Å². The van der Waals surface area contributed by atoms with Gasteiger partial charge in [-0.3, -0.25) is 4.79 Å². The number of carbonyl (C=O) groups excluding carboxylic acids is 1. The summed E-state index contributed by atoms with van der Waals surface area (Å²) in [6, 6.07) is 13.6. The van der Waals surface area contributed by atoms with Gasteiger partial charge in [0, 0.05) is 21.2 Å². The van der Waals surface area contributed by atoms with Crippen LogP contribution in [0.3, 0.4) is 0 Å². The van der Waals surface area contributed by atoms with Crippen LogP contribution >= 0.6 is 23.2 Å². The van der Waals surface area contributed by atoms with Crippen LogP contribution in [0.5, 0.6) is 0 Å². The highest BCUT2D eigenvalue weighted by molar-refractivity contribution is 6.31. The van der Waals surface area contributed by atoms with Gasteiger partial charge in [0.05, 0.1) is 6.54 Å². The normalized spacial score (nSPS) is 25.8. The molecule has 1 unspecified atom stereocenters. The number of rotatable bonds is 5. The van der Waals surface area contributed by atoms with E-state index in [1.165, 1.54) is 0 Å². The van der Waals surface area contributed by atoms with Crippen molar-refractivity contribution in [3.8, 4) is 11.3 Å². The molecule has 0 amide bonds. The fourth-order valence-electron chi connectivity index (χ4n) is 4.10. The van der Waals surface area contributed by atoms with Crippen LogP contribution in [0, 0.1) is 0 Å². The summed E-state index contributed by atoms with van der Waals surface area (Å²) in [5.74, 6) is -1.14. The summed E-state index contributed by atoms with van der Waals surface area (Å²) in [5.41, 5.74) is 1.78. The maximum atomic E-state index is 13.3. The topological polar surface area (TPSA) is 95.7 Å². The first kappa shape index (κ1) is 22.5. The fourth-order valence-corrected chi connectivity index (χ4v) is 4.36. The predicted octanol–water partition coefficient (Wildman–Crippen LogP) is 3.72. The third-order valence-electron chi connectivity index (χ3n) is 5.64. The number of hydrogen-bond acceptors (Lipinski definition) is 7. The predicted molar refractivity (Wildman–Crippen MR) is 120 cm³/mol. The first-order chi connectivity index (χ1) is 15.7. The monoisotopic (exact) mass is 489 g/mol. The lowest BCUT2D eigenvalue weighted by molar-refractivity contribution is -0.216. The molecule has 0 radical (unpaired) electrons. The van der Waals surface area contributed by atoms with E-state index in [-0.39, 0.29) is 18.0 Å². The Morgan fingerprint density at radius 2 is 1.70 bits per heavy atom. The van der Waals surface area contributed by atoms with Crippen LogP contribution in [0.2, 0.25) is 10.0 Å². The molecule has 3 aromatic rings. The molecule has 2 aliphatic heterocycles. The molecule has 1 aromatic heterocycles. The van der Waals surface area contributed by atoms with Gasteiger partial charge in [-0.05, 0) is 50.2 Å². The average molecular weight is 490 g/mol. The van der Waals surface area contributed by atoms with Crippen LogP contribution in [0.25, 0.3) is 11.3 Å². The standard InChI is InChI=1S/C23H21Cl2N3O5/c1-23(2)32-21-20(30)16(31-22(21)33-23)11-28-18(12-3-7-14(24)8-4-12)17(26-27-28)19(29)13-5-9-15(25)10-6-13/h3-10,16,20-22,30H,11H2,1-2H3/t16?,20-,21+,22+/m0/s1. The number of ketones is 1. The van der Waals surface area contributed by atoms with E-state index >= 15 is 0 Å². The van der Waals surface area contributed by atoms with Crippen molar-refractivity contribution in [1.82, 2.24) is 15.0 Å². The van der Waals surface area contributed by atoms with Crippen molar-refractivity contribution < 1.29 is 24.1 Å². The third-order valence-corrected chi connectivity index (χ3v) is 6.15. The minimum atomic E-state index is -0.936. The number of nitrogens with zero attached hydrogens (tertiary/aromatic N) is 3. The Morgan fingerprint density at radius 1 is 1.06 bits per heavy atom. The van der Waals surface area contributed by atoms with E-state index in [1.807, 2.05) is 0 Å². The molecule has 172 valence electrons. The zero-order chi connectivity index (χ0) is 23.3. The molecule has 0 aliphatic carbocycles. The van der Waals surface area contributed by atoms with E-state index in [2.05, 4.69) is 10.3 Å². The van der Waals surface area contributed by atoms with E-state index in [0.29, 0.717) is 26.9 Å². The molecule has 0 bridgehead atoms. The molecule has 1 N–H and O–H groups in total. The van der Waals surface area contributed by atoms with Gasteiger partial charge >= 0.3 is 0 Å². The Bertz CT molecular complexity index is 1180. The van der Waals surface area contributed by atoms with Crippen LogP contribution in [0.1, 0.15) is 29.9 Å². The van der Waals surface area contributed by atoms with Gasteiger partial charge in [0.15, 0.2) is 17.8 Å². The van der Waals surface area contributed by atoms with Crippen molar-refractivity contribution in [1.29, 1.82) is 0 Å². The van der Waals surface area contributed by atoms with Crippen molar-refractivity contribution in [3.63, 3.8) is 0 Å². The number of aliphatic hydroxyl groups is 1. The number of aromatic nitrogens is 3. The molecule has 2 aliphatic rings. The largest absolute Gasteiger partial charge is 0.387 e. The highest BCUT2D eigenvalue weighted by Crippen LogP contribution is 2.38. The van der Waals surface area contributed by atoms with Crippen LogP contribution in [0.15, 0.2) is 48.5 Å². The van der Waals surface area contributed by atoms with Gasteiger partial charge in [0.2, 0.25) is 5.78 Å². The van der Waals surface area contributed by atoms with Crippen LogP contribution < -0.4 is 0 Å². The number of hydrogen-bond donors (Lipinski definition) is 1. The van der Waals surface area contributed by atoms with Crippen LogP contribution in [0.4, 0.5) is 0 Å². The van der Waals surface area contributed by atoms with Crippen molar-refractivity contribution in [2.45, 2.75) is 50.8 Å². The molecule has 2 fully saturated rings. The molecule has 10 heteroatoms. The van der Waals surface area contributed by atoms with Crippen LogP contribution in [-0.4, -0.2) is 56.3 Å². The van der Waals surface area contributed by atoms with Crippen molar-refractivity contribution >= 4 is 29.0 Å². The lowest BCUT2D eigenvalue weighted by Crippen LogP contribution is -2.36. The molecule has 4 atom stereocenters. The Balaban J connectivity index is 1.48. The molecule has 3 heterocycles. The van der Waals surface area contributed by atoms with Gasteiger partial charge in [-0.15, -0.1) is 5.10 Å². The number of benzene rings is 2. The Labute approximate surface area is 200 Å². The lowest BCUT2D eigenvalue weighted by atomic mass is 10.0. The first-order valence-electron chi connectivity index (χ1n) is 10.4. The van der Waals surface area contributed by atoms with Crippen molar-refractivity contribution in [3.05, 3.63) is 69.8 Å². The van der Waals surface area contributed by atoms with Crippen molar-refractivity contribution in [2.24, 2.45) is 0 Å². The smallest absolute Gasteiger partial charge is 0.215 e. The zero-order valence-corrected chi connectivity index (χ0v) is 19.3. The summed E-state index contributed by atoms with van der Waals surface area (Å²) < 4.78 is 18.9. The summed E-state index contributed by atoms with van der Waals surface area (Å²) >= 11 is 12.0. The van der Waals surface area contributed by atoms with Gasteiger partial charge in [0.1, 0.15) is 24.0 Å². The number of ether oxygens (including phenoxy) is 3. The molecule has 0 saturated carbocycles. The second kappa shape index (κ2) is 8.47. The Kier molecular flexibility index (Phi) is 5.76. The van der Waals surface area contributed by atoms with Gasteiger partial charge in [0.25, 0.3) is 0 Å². The molecule has 2 saturated heterocycles. The molecule has 5 rings (SSSR count). The Hall–Kier alpha value is -2.33. The summed E-state index contributed by atoms with van der Waals surface area (Å²) in [4.78, 5) is 13.3. The molecular formula is C23H21Cl2N3O5. The Morgan fingerprint density at radius 3 is 2.33 bits per heavy atom. The van der Waals surface area contributed by atoms with E-state index in [1.54, 1.807) is 67.1 Å². The SMILES string of the molecule is CC1(C)O[C@H]2OC(Cn3nnc(C(=O)c4ccc(Cl)cc4)c3-c3ccc(Cl)cc3)[C@H](O)[C@H]2O1. The number of fused-ring (bicyclic) bond motifs is 1. The minimum absolute atomic E-state index is 0.139. The average Bonchev–Trinajstić information content (AvgIpc) is 3.41. The minimum Gasteiger partial charge on any atom is -0.387 e. The summed E-state index contributed by atoms with van der Waals surface area (Å²) in [6.07, 6.45) is -2.89. The summed E-state index contributed by atoms with van der Waals surface area (Å²) in [5, 5.41) is 20.3. The number of carbonyl (C=O) groups is 1. The first-order valence-corrected chi connectivity index (χ1v) is 11.2. The van der Waals surface area contributed by atoms with E-state index in [4.69, 9.17) is 37.4 Å². The third kappa shape index (κ3) is 4.30. The highest BCUT2D eigenvalue weighted by atomic mass is 35.5. The van der Waals surface area contributed by atoms with Gasteiger partial charge in [-0.1, -0.05) is 40.5 Å². The zero-order valence-electron chi connectivity index (χ0n) is 17.8. The molecule has 2 aromatic carbocycles. The maximum Gasteiger partial charge on any atom is 0.215 e. The summed E-state index contributed by atoms with van der Waals surface area (Å²) in [7, 11) is 0. The number of aliphatic hydroxyl groups excluding tert-OH is 1. The number of halogens is 2. The van der Waals surface area contributed by atoms with E-state index in [0.717, 1.165) is 0 Å². The van der Waals surface area contributed by atoms with Crippen molar-refractivity contribution in [2.75, 3.05) is 0 Å². The highest BCUT2D eigenvalue weighted by Gasteiger charge is 2.54. The second-order valence-corrected chi connectivity index (χ2v) is 9.32. The quantitative estimate of drug-likeness (QED) is 0.545. The molecule has 33 heavy (non-hydrogen) atoms. The summed E-state index contributed by atoms with van der Waals surface area (Å²) in [6.45, 7) is 3.67.